The van der Waals surface area contributed by atoms with Gasteiger partial charge in [-0.05, 0) is 46.1 Å². The van der Waals surface area contributed by atoms with Crippen LogP contribution >= 0.6 is 0 Å². The standard InChI is InChI=1S/C20H37N5O/c1-7-21-19(23-11-16-9-8-10-25(14-16)15(2)3)24-13-18-22-12-17(26-18)20(4,5)6/h12,15-16H,7-11,13-14H2,1-6H3,(H2,21,23,24). The van der Waals surface area contributed by atoms with Crippen molar-refractivity contribution in [2.75, 3.05) is 26.2 Å². The van der Waals surface area contributed by atoms with E-state index >= 15 is 0 Å². The van der Waals surface area contributed by atoms with Gasteiger partial charge in [-0.2, -0.15) is 0 Å². The number of aliphatic imine (C=N–C) groups is 1. The molecule has 1 aromatic rings. The van der Waals surface area contributed by atoms with Crippen LogP contribution in [0.2, 0.25) is 0 Å². The number of nitrogens with one attached hydrogen (secondary N) is 2. The molecule has 2 heterocycles. The number of nitrogens with zero attached hydrogens (tertiary/aromatic N) is 3. The van der Waals surface area contributed by atoms with Crippen molar-refractivity contribution in [1.29, 1.82) is 0 Å². The molecule has 0 spiro atoms. The van der Waals surface area contributed by atoms with E-state index in [9.17, 15) is 0 Å². The van der Waals surface area contributed by atoms with Gasteiger partial charge < -0.3 is 20.0 Å². The highest BCUT2D eigenvalue weighted by atomic mass is 16.4. The van der Waals surface area contributed by atoms with Crippen molar-refractivity contribution >= 4 is 5.96 Å². The third-order valence-corrected chi connectivity index (χ3v) is 4.85. The molecule has 6 heteroatoms. The van der Waals surface area contributed by atoms with Crippen LogP contribution in [0.5, 0.6) is 0 Å². The van der Waals surface area contributed by atoms with E-state index in [2.05, 4.69) is 67.1 Å². The Labute approximate surface area is 158 Å². The van der Waals surface area contributed by atoms with Gasteiger partial charge in [0.05, 0.1) is 6.20 Å². The van der Waals surface area contributed by atoms with Crippen LogP contribution in [-0.2, 0) is 12.0 Å². The van der Waals surface area contributed by atoms with Crippen molar-refractivity contribution in [2.24, 2.45) is 10.9 Å². The minimum atomic E-state index is -0.0268. The number of likely N-dealkylation sites (tertiary alicyclic amines) is 1. The van der Waals surface area contributed by atoms with Crippen LogP contribution in [0.4, 0.5) is 0 Å². The van der Waals surface area contributed by atoms with Gasteiger partial charge in [0.1, 0.15) is 12.3 Å². The van der Waals surface area contributed by atoms with E-state index < -0.39 is 0 Å². The molecule has 1 fully saturated rings. The van der Waals surface area contributed by atoms with Crippen molar-refractivity contribution in [1.82, 2.24) is 20.5 Å². The molecule has 2 rings (SSSR count). The van der Waals surface area contributed by atoms with E-state index in [0.29, 0.717) is 24.4 Å². The van der Waals surface area contributed by atoms with Crippen LogP contribution in [0.15, 0.2) is 15.6 Å². The lowest BCUT2D eigenvalue weighted by atomic mass is 9.94. The zero-order valence-corrected chi connectivity index (χ0v) is 17.4. The number of rotatable bonds is 6. The number of oxazole rings is 1. The molecule has 1 unspecified atom stereocenters. The summed E-state index contributed by atoms with van der Waals surface area (Å²) in [6.07, 6.45) is 4.38. The molecule has 1 aliphatic rings. The van der Waals surface area contributed by atoms with Crippen molar-refractivity contribution in [3.8, 4) is 0 Å². The van der Waals surface area contributed by atoms with Crippen molar-refractivity contribution in [3.05, 3.63) is 17.8 Å². The van der Waals surface area contributed by atoms with Crippen molar-refractivity contribution < 1.29 is 4.42 Å². The van der Waals surface area contributed by atoms with Crippen LogP contribution in [0.25, 0.3) is 0 Å². The maximum Gasteiger partial charge on any atom is 0.216 e. The Bertz CT molecular complexity index is 573. The maximum absolute atomic E-state index is 5.83. The molecule has 1 aliphatic heterocycles. The zero-order chi connectivity index (χ0) is 19.2. The fraction of sp³-hybridized carbons (Fsp3) is 0.800. The van der Waals surface area contributed by atoms with Gasteiger partial charge in [-0.1, -0.05) is 20.8 Å². The van der Waals surface area contributed by atoms with Gasteiger partial charge in [0.25, 0.3) is 0 Å². The molecule has 6 nitrogen and oxygen atoms in total. The summed E-state index contributed by atoms with van der Waals surface area (Å²) in [5.74, 6) is 3.07. The maximum atomic E-state index is 5.83. The fourth-order valence-corrected chi connectivity index (χ4v) is 3.19. The van der Waals surface area contributed by atoms with Gasteiger partial charge in [0.15, 0.2) is 5.96 Å². The third kappa shape index (κ3) is 6.31. The highest BCUT2D eigenvalue weighted by molar-refractivity contribution is 5.79. The Kier molecular flexibility index (Phi) is 7.50. The minimum Gasteiger partial charge on any atom is -0.443 e. The van der Waals surface area contributed by atoms with E-state index in [1.54, 1.807) is 0 Å². The molecule has 1 atom stereocenters. The second-order valence-corrected chi connectivity index (χ2v) is 8.54. The van der Waals surface area contributed by atoms with Crippen molar-refractivity contribution in [3.63, 3.8) is 0 Å². The summed E-state index contributed by atoms with van der Waals surface area (Å²) in [5.41, 5.74) is -0.0268. The number of hydrogen-bond donors (Lipinski definition) is 2. The molecule has 0 radical (unpaired) electrons. The lowest BCUT2D eigenvalue weighted by molar-refractivity contribution is 0.141. The predicted molar refractivity (Wildman–Crippen MR) is 107 cm³/mol. The Balaban J connectivity index is 1.89. The second kappa shape index (κ2) is 9.40. The molecule has 0 bridgehead atoms. The van der Waals surface area contributed by atoms with Crippen LogP contribution in [0.1, 0.15) is 66.0 Å². The Hall–Kier alpha value is -1.56. The molecule has 148 valence electrons. The molecule has 26 heavy (non-hydrogen) atoms. The summed E-state index contributed by atoms with van der Waals surface area (Å²) in [4.78, 5) is 11.6. The van der Waals surface area contributed by atoms with Gasteiger partial charge >= 0.3 is 0 Å². The summed E-state index contributed by atoms with van der Waals surface area (Å²) in [7, 11) is 0. The lowest BCUT2D eigenvalue weighted by Gasteiger charge is -2.35. The monoisotopic (exact) mass is 363 g/mol. The SMILES string of the molecule is CCNC(=NCc1ncc(C(C)(C)C)o1)NCC1CCCN(C(C)C)C1. The van der Waals surface area contributed by atoms with Crippen molar-refractivity contribution in [2.45, 2.75) is 72.4 Å². The highest BCUT2D eigenvalue weighted by Gasteiger charge is 2.22. The van der Waals surface area contributed by atoms with Crippen LogP contribution in [0.3, 0.4) is 0 Å². The first kappa shape index (κ1) is 20.7. The molecule has 2 N–H and O–H groups in total. The largest absolute Gasteiger partial charge is 0.443 e. The molecule has 0 saturated carbocycles. The summed E-state index contributed by atoms with van der Waals surface area (Å²) in [5, 5.41) is 6.82. The second-order valence-electron chi connectivity index (χ2n) is 8.54. The number of piperidine rings is 1. The summed E-state index contributed by atoms with van der Waals surface area (Å²) in [6.45, 7) is 17.6. The van der Waals surface area contributed by atoms with Crippen LogP contribution in [-0.4, -0.2) is 48.1 Å². The van der Waals surface area contributed by atoms with Crippen LogP contribution < -0.4 is 10.6 Å². The van der Waals surface area contributed by atoms with Gasteiger partial charge in [-0.3, -0.25) is 0 Å². The number of aromatic nitrogens is 1. The fourth-order valence-electron chi connectivity index (χ4n) is 3.19. The van der Waals surface area contributed by atoms with Crippen LogP contribution in [0, 0.1) is 5.92 Å². The Morgan fingerprint density at radius 2 is 2.15 bits per heavy atom. The highest BCUT2D eigenvalue weighted by Crippen LogP contribution is 2.22. The zero-order valence-electron chi connectivity index (χ0n) is 17.4. The quantitative estimate of drug-likeness (QED) is 0.600. The Morgan fingerprint density at radius 1 is 1.38 bits per heavy atom. The number of hydrogen-bond acceptors (Lipinski definition) is 4. The summed E-state index contributed by atoms with van der Waals surface area (Å²) in [6, 6.07) is 0.627. The minimum absolute atomic E-state index is 0.0268. The van der Waals surface area contributed by atoms with E-state index in [1.807, 2.05) is 6.20 Å². The third-order valence-electron chi connectivity index (χ3n) is 4.85. The molecule has 1 aromatic heterocycles. The average molecular weight is 364 g/mol. The van der Waals surface area contributed by atoms with Gasteiger partial charge in [-0.15, -0.1) is 0 Å². The van der Waals surface area contributed by atoms with E-state index in [4.69, 9.17) is 4.42 Å². The first-order chi connectivity index (χ1) is 12.3. The van der Waals surface area contributed by atoms with E-state index in [0.717, 1.165) is 24.8 Å². The molecular weight excluding hydrogens is 326 g/mol. The average Bonchev–Trinajstić information content (AvgIpc) is 3.07. The molecule has 0 aliphatic carbocycles. The number of guanidine groups is 1. The van der Waals surface area contributed by atoms with Gasteiger partial charge in [0.2, 0.25) is 5.89 Å². The summed E-state index contributed by atoms with van der Waals surface area (Å²) < 4.78 is 5.83. The lowest BCUT2D eigenvalue weighted by Crippen LogP contribution is -2.46. The molecule has 0 amide bonds. The first-order valence-corrected chi connectivity index (χ1v) is 10.0. The van der Waals surface area contributed by atoms with Gasteiger partial charge in [0, 0.05) is 31.1 Å². The molecule has 0 aromatic carbocycles. The van der Waals surface area contributed by atoms with E-state index in [1.165, 1.54) is 25.9 Å². The smallest absolute Gasteiger partial charge is 0.216 e. The molecule has 1 saturated heterocycles. The molecular formula is C20H37N5O. The Morgan fingerprint density at radius 3 is 2.77 bits per heavy atom. The summed E-state index contributed by atoms with van der Waals surface area (Å²) >= 11 is 0. The first-order valence-electron chi connectivity index (χ1n) is 10.0. The normalized spacial score (nSPS) is 19.8. The van der Waals surface area contributed by atoms with E-state index in [-0.39, 0.29) is 5.41 Å². The van der Waals surface area contributed by atoms with Gasteiger partial charge in [-0.25, -0.2) is 9.98 Å². The topological polar surface area (TPSA) is 65.7 Å². The predicted octanol–water partition coefficient (Wildman–Crippen LogP) is 3.15.